The molecule has 0 amide bonds. The van der Waals surface area contributed by atoms with Crippen molar-refractivity contribution in [2.24, 2.45) is 0 Å². The first-order valence-electron chi connectivity index (χ1n) is 5.85. The topological polar surface area (TPSA) is 3.24 Å². The minimum Gasteiger partial charge on any atom is -0.349 e. The summed E-state index contributed by atoms with van der Waals surface area (Å²) in [6.07, 6.45) is -19.0. The number of nitrogens with zero attached hydrogens (tertiary/aromatic N) is 1. The molecule has 0 atom stereocenters. The molecule has 0 saturated heterocycles. The molecule has 0 aliphatic carbocycles. The fraction of sp³-hybridized carbons (Fsp3) is 0.636. The Morgan fingerprint density at radius 2 is 1.00 bits per heavy atom. The van der Waals surface area contributed by atoms with Crippen molar-refractivity contribution in [3.05, 3.63) is 22.9 Å². The van der Waals surface area contributed by atoms with Gasteiger partial charge >= 0.3 is 18.5 Å². The van der Waals surface area contributed by atoms with Gasteiger partial charge in [0.15, 0.2) is 0 Å². The first kappa shape index (κ1) is 21.5. The van der Waals surface area contributed by atoms with Crippen molar-refractivity contribution >= 4 is 0 Å². The second-order valence-electron chi connectivity index (χ2n) is 4.02. The quantitative estimate of drug-likeness (QED) is 0.365. The van der Waals surface area contributed by atoms with Crippen LogP contribution in [0.1, 0.15) is 13.8 Å². The molecular weight excluding hydrogens is 355 g/mol. The van der Waals surface area contributed by atoms with Crippen LogP contribution in [0.5, 0.6) is 0 Å². The molecule has 136 valence electrons. The summed E-state index contributed by atoms with van der Waals surface area (Å²) in [7, 11) is 0. The summed E-state index contributed by atoms with van der Waals surface area (Å²) >= 11 is 0. The molecule has 0 heterocycles. The molecule has 0 fully saturated rings. The van der Waals surface area contributed by atoms with Crippen LogP contribution in [-0.2, 0) is 0 Å². The molecular formula is C11H10F11N. The van der Waals surface area contributed by atoms with Gasteiger partial charge in [0.05, 0.1) is 0 Å². The van der Waals surface area contributed by atoms with Gasteiger partial charge in [0.1, 0.15) is 11.1 Å². The van der Waals surface area contributed by atoms with E-state index < -0.39 is 54.5 Å². The van der Waals surface area contributed by atoms with Gasteiger partial charge in [-0.3, -0.25) is 0 Å². The fourth-order valence-corrected chi connectivity index (χ4v) is 1.54. The van der Waals surface area contributed by atoms with Crippen molar-refractivity contribution in [1.82, 2.24) is 4.90 Å². The van der Waals surface area contributed by atoms with Crippen molar-refractivity contribution < 1.29 is 48.3 Å². The maximum atomic E-state index is 13.8. The Morgan fingerprint density at radius 3 is 1.22 bits per heavy atom. The summed E-state index contributed by atoms with van der Waals surface area (Å²) in [6, 6.07) is 0. The molecule has 0 bridgehead atoms. The maximum Gasteiger partial charge on any atom is 0.443 e. The highest BCUT2D eigenvalue weighted by molar-refractivity contribution is 5.43. The average Bonchev–Trinajstić information content (AvgIpc) is 2.31. The zero-order valence-electron chi connectivity index (χ0n) is 11.5. The van der Waals surface area contributed by atoms with Gasteiger partial charge in [-0.2, -0.15) is 43.9 Å². The zero-order valence-corrected chi connectivity index (χ0v) is 11.5. The first-order valence-corrected chi connectivity index (χ1v) is 5.85. The second kappa shape index (κ2) is 6.95. The molecule has 23 heavy (non-hydrogen) atoms. The summed E-state index contributed by atoms with van der Waals surface area (Å²) in [5, 5.41) is 0. The van der Waals surface area contributed by atoms with E-state index >= 15 is 0 Å². The lowest BCUT2D eigenvalue weighted by atomic mass is 10.0. The Labute approximate surface area is 123 Å². The minimum absolute atomic E-state index is 0.0816. The van der Waals surface area contributed by atoms with Crippen LogP contribution in [0.25, 0.3) is 0 Å². The lowest BCUT2D eigenvalue weighted by molar-refractivity contribution is -0.138. The number of halogens is 11. The highest BCUT2D eigenvalue weighted by Crippen LogP contribution is 2.47. The van der Waals surface area contributed by atoms with Crippen molar-refractivity contribution in [3.8, 4) is 0 Å². The minimum atomic E-state index is -6.42. The number of hydrogen-bond acceptors (Lipinski definition) is 1. The molecule has 1 nitrogen and oxygen atoms in total. The second-order valence-corrected chi connectivity index (χ2v) is 4.02. The van der Waals surface area contributed by atoms with Gasteiger partial charge in [-0.15, -0.1) is 0 Å². The van der Waals surface area contributed by atoms with Gasteiger partial charge in [0.25, 0.3) is 0 Å². The Balaban J connectivity index is 6.86. The first-order chi connectivity index (χ1) is 10.1. The van der Waals surface area contributed by atoms with Gasteiger partial charge in [0.2, 0.25) is 11.8 Å². The highest BCUT2D eigenvalue weighted by atomic mass is 19.4. The summed E-state index contributed by atoms with van der Waals surface area (Å²) in [4.78, 5) is 0.0816. The van der Waals surface area contributed by atoms with Crippen LogP contribution in [0, 0.1) is 0 Å². The lowest BCUT2D eigenvalue weighted by Gasteiger charge is -2.25. The third kappa shape index (κ3) is 5.27. The van der Waals surface area contributed by atoms with Crippen molar-refractivity contribution in [2.75, 3.05) is 13.1 Å². The fourth-order valence-electron chi connectivity index (χ4n) is 1.54. The summed E-state index contributed by atoms with van der Waals surface area (Å²) in [5.74, 6) is -6.71. The van der Waals surface area contributed by atoms with Gasteiger partial charge in [-0.25, -0.2) is 4.39 Å². The monoisotopic (exact) mass is 365 g/mol. The standard InChI is InChI=1S/C11H10F11N/c1-3-23(4-2)8(13)6(10(17,18)19)5(9(14,15)16)7(12)11(20,21)22/h3-4H2,1-2H3/b7-5-,8-6-. The third-order valence-corrected chi connectivity index (χ3v) is 2.53. The molecule has 0 aliphatic heterocycles. The van der Waals surface area contributed by atoms with Crippen LogP contribution in [0.2, 0.25) is 0 Å². The smallest absolute Gasteiger partial charge is 0.349 e. The number of allylic oxidation sites excluding steroid dienone is 3. The van der Waals surface area contributed by atoms with E-state index in [9.17, 15) is 48.3 Å². The number of alkyl halides is 9. The predicted octanol–water partition coefficient (Wildman–Crippen LogP) is 5.42. The Kier molecular flexibility index (Phi) is 6.50. The maximum absolute atomic E-state index is 13.8. The van der Waals surface area contributed by atoms with E-state index in [2.05, 4.69) is 0 Å². The summed E-state index contributed by atoms with van der Waals surface area (Å²) in [5.41, 5.74) is -7.11. The van der Waals surface area contributed by atoms with Gasteiger partial charge < -0.3 is 4.90 Å². The van der Waals surface area contributed by atoms with E-state index in [1.54, 1.807) is 0 Å². The number of rotatable bonds is 4. The van der Waals surface area contributed by atoms with Crippen LogP contribution in [0.3, 0.4) is 0 Å². The lowest BCUT2D eigenvalue weighted by Crippen LogP contribution is -2.32. The van der Waals surface area contributed by atoms with Crippen LogP contribution >= 0.6 is 0 Å². The SMILES string of the molecule is CCN(CC)/C(F)=C(/C(=C(/F)C(F)(F)F)C(F)(F)F)C(F)(F)F. The van der Waals surface area contributed by atoms with E-state index in [4.69, 9.17) is 0 Å². The van der Waals surface area contributed by atoms with Crippen LogP contribution in [-0.4, -0.2) is 36.5 Å². The van der Waals surface area contributed by atoms with Gasteiger partial charge in [-0.05, 0) is 13.8 Å². The molecule has 0 aromatic rings. The molecule has 0 unspecified atom stereocenters. The third-order valence-electron chi connectivity index (χ3n) is 2.53. The number of hydrogen-bond donors (Lipinski definition) is 0. The molecule has 0 radical (unpaired) electrons. The zero-order chi connectivity index (χ0) is 18.8. The van der Waals surface area contributed by atoms with E-state index in [-0.39, 0.29) is 4.90 Å². The van der Waals surface area contributed by atoms with Crippen LogP contribution in [0.15, 0.2) is 22.9 Å². The van der Waals surface area contributed by atoms with E-state index in [0.29, 0.717) is 0 Å². The molecule has 0 spiro atoms. The largest absolute Gasteiger partial charge is 0.443 e. The average molecular weight is 365 g/mol. The molecule has 0 aliphatic rings. The highest BCUT2D eigenvalue weighted by Gasteiger charge is 2.55. The van der Waals surface area contributed by atoms with Crippen LogP contribution in [0.4, 0.5) is 48.3 Å². The van der Waals surface area contributed by atoms with Gasteiger partial charge in [0, 0.05) is 13.1 Å². The predicted molar refractivity (Wildman–Crippen MR) is 57.4 cm³/mol. The van der Waals surface area contributed by atoms with E-state index in [1.165, 1.54) is 0 Å². The molecule has 0 N–H and O–H groups in total. The van der Waals surface area contributed by atoms with Crippen molar-refractivity contribution in [2.45, 2.75) is 32.4 Å². The van der Waals surface area contributed by atoms with E-state index in [0.717, 1.165) is 13.8 Å². The Hall–Kier alpha value is -1.49. The molecule has 0 aromatic carbocycles. The van der Waals surface area contributed by atoms with Crippen molar-refractivity contribution in [1.29, 1.82) is 0 Å². The summed E-state index contributed by atoms with van der Waals surface area (Å²) < 4.78 is 139. The molecule has 0 saturated carbocycles. The molecule has 0 rings (SSSR count). The Bertz CT molecular complexity index is 474. The molecule has 12 heteroatoms. The van der Waals surface area contributed by atoms with Crippen LogP contribution < -0.4 is 0 Å². The molecule has 0 aromatic heterocycles. The Morgan fingerprint density at radius 1 is 0.652 bits per heavy atom. The van der Waals surface area contributed by atoms with Gasteiger partial charge in [-0.1, -0.05) is 0 Å². The summed E-state index contributed by atoms with van der Waals surface area (Å²) in [6.45, 7) is 0.934. The van der Waals surface area contributed by atoms with E-state index in [1.807, 2.05) is 0 Å². The van der Waals surface area contributed by atoms with Crippen molar-refractivity contribution in [3.63, 3.8) is 0 Å². The normalized spacial score (nSPS) is 16.0.